The van der Waals surface area contributed by atoms with Crippen LogP contribution < -0.4 is 0 Å². The van der Waals surface area contributed by atoms with Crippen LogP contribution >= 0.6 is 0 Å². The van der Waals surface area contributed by atoms with Crippen LogP contribution in [0.4, 0.5) is 0 Å². The van der Waals surface area contributed by atoms with E-state index in [4.69, 9.17) is 4.74 Å². The van der Waals surface area contributed by atoms with Gasteiger partial charge >= 0.3 is 11.9 Å². The first kappa shape index (κ1) is 18.4. The normalized spacial score (nSPS) is 12.5. The number of esters is 1. The molecule has 5 heteroatoms. The third-order valence-electron chi connectivity index (χ3n) is 3.85. The minimum atomic E-state index is -0.865. The van der Waals surface area contributed by atoms with Crippen molar-refractivity contribution < 1.29 is 19.4 Å². The molecule has 0 aliphatic heterocycles. The molecule has 0 spiro atoms. The fraction of sp³-hybridized carbons (Fsp3) is 0.250. The number of allylic oxidation sites excluding steroid dienone is 1. The van der Waals surface area contributed by atoms with Gasteiger partial charge in [0.15, 0.2) is 0 Å². The van der Waals surface area contributed by atoms with Crippen LogP contribution in [0.2, 0.25) is 0 Å². The van der Waals surface area contributed by atoms with Gasteiger partial charge in [0, 0.05) is 24.4 Å². The average molecular weight is 339 g/mol. The summed E-state index contributed by atoms with van der Waals surface area (Å²) in [6, 6.07) is 11.2. The molecule has 0 amide bonds. The molecule has 5 nitrogen and oxygen atoms in total. The number of ether oxygens (including phenoxy) is 1. The van der Waals surface area contributed by atoms with Gasteiger partial charge in [-0.05, 0) is 42.2 Å². The lowest BCUT2D eigenvalue weighted by atomic mass is 9.88. The first-order chi connectivity index (χ1) is 12.0. The van der Waals surface area contributed by atoms with Crippen LogP contribution in [0.3, 0.4) is 0 Å². The van der Waals surface area contributed by atoms with Gasteiger partial charge in [-0.2, -0.15) is 0 Å². The second-order valence-corrected chi connectivity index (χ2v) is 5.64. The number of aromatic nitrogens is 1. The molecule has 1 aromatic heterocycles. The summed E-state index contributed by atoms with van der Waals surface area (Å²) in [6.07, 6.45) is 4.79. The number of hydrogen-bond donors (Lipinski definition) is 1. The van der Waals surface area contributed by atoms with E-state index < -0.39 is 5.97 Å². The molecule has 0 saturated carbocycles. The van der Waals surface area contributed by atoms with Crippen LogP contribution in [-0.2, 0) is 14.3 Å². The first-order valence-corrected chi connectivity index (χ1v) is 8.08. The van der Waals surface area contributed by atoms with Crippen LogP contribution in [0.1, 0.15) is 42.9 Å². The van der Waals surface area contributed by atoms with Gasteiger partial charge in [-0.1, -0.05) is 30.3 Å². The summed E-state index contributed by atoms with van der Waals surface area (Å²) in [5.74, 6) is -1.51. The standard InChI is InChI=1S/C20H21NO4/c1-3-25-20(24)11-14(2)15-6-8-16(9-7-15)18(12-19(22)23)17-5-4-10-21-13-17/h4-11,13,18H,3,12H2,1-2H3,(H,22,23). The molecule has 0 radical (unpaired) electrons. The summed E-state index contributed by atoms with van der Waals surface area (Å²) in [6.45, 7) is 3.93. The van der Waals surface area contributed by atoms with Crippen molar-refractivity contribution >= 4 is 17.5 Å². The van der Waals surface area contributed by atoms with Crippen LogP contribution in [-0.4, -0.2) is 28.6 Å². The SMILES string of the molecule is CCOC(=O)C=C(C)c1ccc(C(CC(=O)O)c2cccnc2)cc1. The second-order valence-electron chi connectivity index (χ2n) is 5.64. The highest BCUT2D eigenvalue weighted by molar-refractivity contribution is 5.90. The van der Waals surface area contributed by atoms with E-state index in [0.717, 1.165) is 22.3 Å². The predicted molar refractivity (Wildman–Crippen MR) is 95.1 cm³/mol. The number of hydrogen-bond acceptors (Lipinski definition) is 4. The third-order valence-corrected chi connectivity index (χ3v) is 3.85. The maximum atomic E-state index is 11.5. The maximum absolute atomic E-state index is 11.5. The summed E-state index contributed by atoms with van der Waals surface area (Å²) in [5, 5.41) is 9.22. The Labute approximate surface area is 147 Å². The van der Waals surface area contributed by atoms with Crippen molar-refractivity contribution in [2.24, 2.45) is 0 Å². The Morgan fingerprint density at radius 1 is 1.20 bits per heavy atom. The number of carbonyl (C=O) groups is 2. The fourth-order valence-electron chi connectivity index (χ4n) is 2.61. The van der Waals surface area contributed by atoms with Crippen LogP contribution in [0.5, 0.6) is 0 Å². The van der Waals surface area contributed by atoms with Crippen molar-refractivity contribution in [1.82, 2.24) is 4.98 Å². The van der Waals surface area contributed by atoms with E-state index in [1.54, 1.807) is 25.4 Å². The van der Waals surface area contributed by atoms with Gasteiger partial charge in [-0.25, -0.2) is 4.79 Å². The molecular weight excluding hydrogens is 318 g/mol. The molecular formula is C20H21NO4. The number of carboxylic acids is 1. The highest BCUT2D eigenvalue weighted by Crippen LogP contribution is 2.28. The Morgan fingerprint density at radius 3 is 2.48 bits per heavy atom. The van der Waals surface area contributed by atoms with Crippen molar-refractivity contribution in [1.29, 1.82) is 0 Å². The van der Waals surface area contributed by atoms with E-state index in [9.17, 15) is 14.7 Å². The van der Waals surface area contributed by atoms with E-state index in [2.05, 4.69) is 4.98 Å². The molecule has 0 fully saturated rings. The van der Waals surface area contributed by atoms with Crippen molar-refractivity contribution in [3.05, 3.63) is 71.6 Å². The number of benzene rings is 1. The second kappa shape index (κ2) is 8.78. The number of carboxylic acid groups (broad SMARTS) is 1. The first-order valence-electron chi connectivity index (χ1n) is 8.08. The quantitative estimate of drug-likeness (QED) is 0.615. The summed E-state index contributed by atoms with van der Waals surface area (Å²) in [7, 11) is 0. The van der Waals surface area contributed by atoms with E-state index in [0.29, 0.717) is 6.61 Å². The molecule has 1 aromatic carbocycles. The van der Waals surface area contributed by atoms with E-state index in [1.807, 2.05) is 37.3 Å². The summed E-state index contributed by atoms with van der Waals surface area (Å²) < 4.78 is 4.91. The lowest BCUT2D eigenvalue weighted by Gasteiger charge is -2.16. The molecule has 130 valence electrons. The number of pyridine rings is 1. The van der Waals surface area contributed by atoms with E-state index in [-0.39, 0.29) is 18.3 Å². The van der Waals surface area contributed by atoms with Gasteiger partial charge < -0.3 is 9.84 Å². The minimum absolute atomic E-state index is 0.0112. The summed E-state index contributed by atoms with van der Waals surface area (Å²) in [5.41, 5.74) is 3.43. The Morgan fingerprint density at radius 2 is 1.92 bits per heavy atom. The van der Waals surface area contributed by atoms with E-state index >= 15 is 0 Å². The van der Waals surface area contributed by atoms with Crippen LogP contribution in [0, 0.1) is 0 Å². The third kappa shape index (κ3) is 5.28. The molecule has 0 saturated heterocycles. The molecule has 1 heterocycles. The summed E-state index contributed by atoms with van der Waals surface area (Å²) >= 11 is 0. The lowest BCUT2D eigenvalue weighted by Crippen LogP contribution is -2.08. The van der Waals surface area contributed by atoms with E-state index in [1.165, 1.54) is 6.08 Å². The van der Waals surface area contributed by atoms with Crippen molar-refractivity contribution in [2.75, 3.05) is 6.61 Å². The Kier molecular flexibility index (Phi) is 6.46. The van der Waals surface area contributed by atoms with Crippen LogP contribution in [0.25, 0.3) is 5.57 Å². The molecule has 1 N–H and O–H groups in total. The van der Waals surface area contributed by atoms with Crippen molar-refractivity contribution in [3.63, 3.8) is 0 Å². The summed E-state index contributed by atoms with van der Waals surface area (Å²) in [4.78, 5) is 26.9. The van der Waals surface area contributed by atoms with Gasteiger partial charge in [0.25, 0.3) is 0 Å². The lowest BCUT2D eigenvalue weighted by molar-refractivity contribution is -0.138. The van der Waals surface area contributed by atoms with Gasteiger partial charge in [-0.3, -0.25) is 9.78 Å². The Bertz CT molecular complexity index is 751. The zero-order chi connectivity index (χ0) is 18.2. The Balaban J connectivity index is 2.26. The smallest absolute Gasteiger partial charge is 0.331 e. The zero-order valence-corrected chi connectivity index (χ0v) is 14.3. The molecule has 0 aliphatic carbocycles. The Hall–Kier alpha value is -2.95. The number of nitrogens with zero attached hydrogens (tertiary/aromatic N) is 1. The molecule has 1 unspecified atom stereocenters. The van der Waals surface area contributed by atoms with Gasteiger partial charge in [0.2, 0.25) is 0 Å². The van der Waals surface area contributed by atoms with Crippen molar-refractivity contribution in [3.8, 4) is 0 Å². The maximum Gasteiger partial charge on any atom is 0.331 e. The number of carbonyl (C=O) groups excluding carboxylic acids is 1. The average Bonchev–Trinajstić information content (AvgIpc) is 2.60. The minimum Gasteiger partial charge on any atom is -0.481 e. The fourth-order valence-corrected chi connectivity index (χ4v) is 2.61. The molecule has 0 bridgehead atoms. The van der Waals surface area contributed by atoms with Gasteiger partial charge in [-0.15, -0.1) is 0 Å². The topological polar surface area (TPSA) is 76.5 Å². The largest absolute Gasteiger partial charge is 0.481 e. The molecule has 0 aliphatic rings. The monoisotopic (exact) mass is 339 g/mol. The zero-order valence-electron chi connectivity index (χ0n) is 14.3. The van der Waals surface area contributed by atoms with Crippen molar-refractivity contribution in [2.45, 2.75) is 26.2 Å². The van der Waals surface area contributed by atoms with Gasteiger partial charge in [0.1, 0.15) is 0 Å². The molecule has 25 heavy (non-hydrogen) atoms. The highest BCUT2D eigenvalue weighted by atomic mass is 16.5. The predicted octanol–water partition coefficient (Wildman–Crippen LogP) is 3.65. The van der Waals surface area contributed by atoms with Gasteiger partial charge in [0.05, 0.1) is 13.0 Å². The molecule has 1 atom stereocenters. The molecule has 2 rings (SSSR count). The highest BCUT2D eigenvalue weighted by Gasteiger charge is 2.18. The number of aliphatic carboxylic acids is 1. The number of rotatable bonds is 7. The molecule has 2 aromatic rings. The van der Waals surface area contributed by atoms with Crippen LogP contribution in [0.15, 0.2) is 54.9 Å².